The van der Waals surface area contributed by atoms with E-state index < -0.39 is 0 Å². The molecule has 2 fully saturated rings. The van der Waals surface area contributed by atoms with Gasteiger partial charge in [-0.25, -0.2) is 4.39 Å². The Labute approximate surface area is 141 Å². The van der Waals surface area contributed by atoms with Crippen LogP contribution in [0.2, 0.25) is 0 Å². The molecule has 2 unspecified atom stereocenters. The highest BCUT2D eigenvalue weighted by atomic mass is 32.2. The largest absolute Gasteiger partial charge is 0.352 e. The molecule has 3 rings (SSSR count). The van der Waals surface area contributed by atoms with Gasteiger partial charge in [0.05, 0.1) is 0 Å². The minimum atomic E-state index is -0.259. The lowest BCUT2D eigenvalue weighted by molar-refractivity contribution is -0.128. The Morgan fingerprint density at radius 3 is 2.70 bits per heavy atom. The van der Waals surface area contributed by atoms with Crippen LogP contribution in [-0.2, 0) is 11.3 Å². The van der Waals surface area contributed by atoms with Crippen LogP contribution in [0.25, 0.3) is 0 Å². The molecule has 2 bridgehead atoms. The number of fused-ring (bicyclic) bond motifs is 2. The maximum Gasteiger partial charge on any atom is 0.223 e. The summed E-state index contributed by atoms with van der Waals surface area (Å²) in [5.74, 6) is 0.898. The molecule has 0 saturated heterocycles. The van der Waals surface area contributed by atoms with E-state index in [9.17, 15) is 9.18 Å². The summed E-state index contributed by atoms with van der Waals surface area (Å²) < 4.78 is 13.4. The zero-order valence-electron chi connectivity index (χ0n) is 13.6. The third-order valence-electron chi connectivity index (χ3n) is 5.48. The second-order valence-electron chi connectivity index (χ2n) is 6.87. The Hall–Kier alpha value is -1.07. The van der Waals surface area contributed by atoms with E-state index >= 15 is 0 Å². The quantitative estimate of drug-likeness (QED) is 0.829. The second kappa shape index (κ2) is 7.22. The van der Waals surface area contributed by atoms with Crippen LogP contribution in [0.1, 0.15) is 37.7 Å². The molecular weight excluding hydrogens is 311 g/mol. The summed E-state index contributed by atoms with van der Waals surface area (Å²) in [6.45, 7) is 0.394. The van der Waals surface area contributed by atoms with E-state index in [-0.39, 0.29) is 23.7 Å². The first kappa shape index (κ1) is 16.8. The third kappa shape index (κ3) is 3.72. The highest BCUT2D eigenvalue weighted by Crippen LogP contribution is 2.41. The fourth-order valence-electron chi connectivity index (χ4n) is 4.22. The van der Waals surface area contributed by atoms with Gasteiger partial charge in [0.15, 0.2) is 0 Å². The molecule has 2 atom stereocenters. The average molecular weight is 336 g/mol. The standard InChI is InChI=1S/C18H25FN2OS/c1-23-16-6-5-15(19)9-14(16)10-21-18(22)13-7-11-3-2-4-12(8-13)17(11)20/h5-6,9,11-13,17H,2-4,7-8,10,20H2,1H3,(H,21,22). The van der Waals surface area contributed by atoms with Crippen molar-refractivity contribution in [3.8, 4) is 0 Å². The van der Waals surface area contributed by atoms with Gasteiger partial charge in [0.2, 0.25) is 5.91 Å². The predicted octanol–water partition coefficient (Wildman–Crippen LogP) is 3.32. The molecule has 5 heteroatoms. The normalized spacial score (nSPS) is 30.0. The van der Waals surface area contributed by atoms with Crippen molar-refractivity contribution in [2.24, 2.45) is 23.5 Å². The molecule has 1 aromatic rings. The monoisotopic (exact) mass is 336 g/mol. The van der Waals surface area contributed by atoms with Gasteiger partial charge < -0.3 is 11.1 Å². The number of rotatable bonds is 4. The molecule has 3 nitrogen and oxygen atoms in total. The summed E-state index contributed by atoms with van der Waals surface area (Å²) in [5, 5.41) is 3.01. The highest BCUT2D eigenvalue weighted by molar-refractivity contribution is 7.98. The fraction of sp³-hybridized carbons (Fsp3) is 0.611. The second-order valence-corrected chi connectivity index (χ2v) is 7.72. The van der Waals surface area contributed by atoms with E-state index in [1.165, 1.54) is 18.6 Å². The van der Waals surface area contributed by atoms with Crippen LogP contribution in [0.5, 0.6) is 0 Å². The Kier molecular flexibility index (Phi) is 5.27. The molecule has 126 valence electrons. The number of thioether (sulfide) groups is 1. The molecule has 2 aliphatic carbocycles. The Balaban J connectivity index is 1.61. The first-order valence-electron chi connectivity index (χ1n) is 8.44. The van der Waals surface area contributed by atoms with Crippen molar-refractivity contribution in [3.05, 3.63) is 29.6 Å². The lowest BCUT2D eigenvalue weighted by Gasteiger charge is -2.43. The van der Waals surface area contributed by atoms with Crippen molar-refractivity contribution < 1.29 is 9.18 Å². The van der Waals surface area contributed by atoms with Gasteiger partial charge in [0.25, 0.3) is 0 Å². The van der Waals surface area contributed by atoms with Gasteiger partial charge in [0.1, 0.15) is 5.82 Å². The molecule has 1 amide bonds. The number of hydrogen-bond acceptors (Lipinski definition) is 3. The van der Waals surface area contributed by atoms with Crippen molar-refractivity contribution in [3.63, 3.8) is 0 Å². The van der Waals surface area contributed by atoms with Crippen LogP contribution in [-0.4, -0.2) is 18.2 Å². The van der Waals surface area contributed by atoms with Gasteiger partial charge >= 0.3 is 0 Å². The lowest BCUT2D eigenvalue weighted by atomic mass is 9.65. The van der Waals surface area contributed by atoms with E-state index in [0.29, 0.717) is 18.4 Å². The minimum Gasteiger partial charge on any atom is -0.352 e. The van der Waals surface area contributed by atoms with Crippen molar-refractivity contribution in [2.75, 3.05) is 6.26 Å². The number of halogens is 1. The number of hydrogen-bond donors (Lipinski definition) is 2. The number of carbonyl (C=O) groups is 1. The summed E-state index contributed by atoms with van der Waals surface area (Å²) in [4.78, 5) is 13.5. The molecule has 0 spiro atoms. The molecule has 3 N–H and O–H groups in total. The molecule has 23 heavy (non-hydrogen) atoms. The lowest BCUT2D eigenvalue weighted by Crippen LogP contribution is -2.49. The van der Waals surface area contributed by atoms with Gasteiger partial charge in [-0.2, -0.15) is 0 Å². The Morgan fingerprint density at radius 2 is 2.04 bits per heavy atom. The van der Waals surface area contributed by atoms with Crippen molar-refractivity contribution >= 4 is 17.7 Å². The molecule has 0 heterocycles. The van der Waals surface area contributed by atoms with E-state index in [0.717, 1.165) is 36.1 Å². The van der Waals surface area contributed by atoms with Crippen LogP contribution in [0, 0.1) is 23.6 Å². The topological polar surface area (TPSA) is 55.1 Å². The molecular formula is C18H25FN2OS. The van der Waals surface area contributed by atoms with Gasteiger partial charge in [-0.05, 0) is 67.5 Å². The summed E-state index contributed by atoms with van der Waals surface area (Å²) in [6, 6.07) is 5.02. The fourth-order valence-corrected chi connectivity index (χ4v) is 4.81. The summed E-state index contributed by atoms with van der Waals surface area (Å²) in [6.07, 6.45) is 7.33. The smallest absolute Gasteiger partial charge is 0.223 e. The van der Waals surface area contributed by atoms with E-state index in [2.05, 4.69) is 5.32 Å². The maximum absolute atomic E-state index is 13.4. The maximum atomic E-state index is 13.4. The molecule has 0 aromatic heterocycles. The van der Waals surface area contributed by atoms with Crippen LogP contribution in [0.3, 0.4) is 0 Å². The SMILES string of the molecule is CSc1ccc(F)cc1CNC(=O)C1CC2CCCC(C1)C2N. The van der Waals surface area contributed by atoms with Crippen molar-refractivity contribution in [1.82, 2.24) is 5.32 Å². The molecule has 2 saturated carbocycles. The molecule has 0 aliphatic heterocycles. The van der Waals surface area contributed by atoms with Crippen LogP contribution in [0.4, 0.5) is 4.39 Å². The molecule has 0 radical (unpaired) electrons. The summed E-state index contributed by atoms with van der Waals surface area (Å²) in [5.41, 5.74) is 7.14. The average Bonchev–Trinajstić information content (AvgIpc) is 2.52. The minimum absolute atomic E-state index is 0.0661. The van der Waals surface area contributed by atoms with Gasteiger partial charge in [-0.1, -0.05) is 6.42 Å². The zero-order chi connectivity index (χ0) is 16.4. The van der Waals surface area contributed by atoms with Crippen LogP contribution in [0.15, 0.2) is 23.1 Å². The van der Waals surface area contributed by atoms with E-state index in [1.807, 2.05) is 6.26 Å². The van der Waals surface area contributed by atoms with Crippen molar-refractivity contribution in [1.29, 1.82) is 0 Å². The number of nitrogens with one attached hydrogen (secondary N) is 1. The van der Waals surface area contributed by atoms with E-state index in [1.54, 1.807) is 17.8 Å². The predicted molar refractivity (Wildman–Crippen MR) is 91.6 cm³/mol. The first-order chi connectivity index (χ1) is 11.1. The Bertz CT molecular complexity index is 566. The number of amides is 1. The van der Waals surface area contributed by atoms with Gasteiger partial charge in [0, 0.05) is 23.4 Å². The summed E-state index contributed by atoms with van der Waals surface area (Å²) in [7, 11) is 0. The summed E-state index contributed by atoms with van der Waals surface area (Å²) >= 11 is 1.57. The molecule has 2 aliphatic rings. The third-order valence-corrected chi connectivity index (χ3v) is 6.32. The van der Waals surface area contributed by atoms with Crippen LogP contribution >= 0.6 is 11.8 Å². The van der Waals surface area contributed by atoms with Gasteiger partial charge in [-0.3, -0.25) is 4.79 Å². The van der Waals surface area contributed by atoms with Gasteiger partial charge in [-0.15, -0.1) is 11.8 Å². The number of benzene rings is 1. The van der Waals surface area contributed by atoms with E-state index in [4.69, 9.17) is 5.73 Å². The highest BCUT2D eigenvalue weighted by Gasteiger charge is 2.40. The van der Waals surface area contributed by atoms with Crippen molar-refractivity contribution in [2.45, 2.75) is 49.6 Å². The number of nitrogens with two attached hydrogens (primary N) is 1. The Morgan fingerprint density at radius 1 is 1.35 bits per heavy atom. The number of carbonyl (C=O) groups excluding carboxylic acids is 1. The zero-order valence-corrected chi connectivity index (χ0v) is 14.4. The first-order valence-corrected chi connectivity index (χ1v) is 9.66. The molecule has 1 aromatic carbocycles. The van der Waals surface area contributed by atoms with Crippen LogP contribution < -0.4 is 11.1 Å².